The van der Waals surface area contributed by atoms with Crippen LogP contribution in [0.2, 0.25) is 0 Å². The first kappa shape index (κ1) is 13.0. The van der Waals surface area contributed by atoms with Crippen LogP contribution in [0, 0.1) is 0 Å². The molecule has 0 aliphatic heterocycles. The molecule has 2 atom stereocenters. The highest BCUT2D eigenvalue weighted by Gasteiger charge is 2.15. The smallest absolute Gasteiger partial charge is 0.133 e. The zero-order chi connectivity index (χ0) is 12.1. The van der Waals surface area contributed by atoms with E-state index in [1.165, 1.54) is 12.8 Å². The maximum atomic E-state index is 5.96. The van der Waals surface area contributed by atoms with Crippen molar-refractivity contribution >= 4 is 5.82 Å². The lowest BCUT2D eigenvalue weighted by molar-refractivity contribution is 0.606. The molecule has 0 saturated carbocycles. The Balaban J connectivity index is 2.93. The fraction of sp³-hybridized carbons (Fsp3) is 0.615. The van der Waals surface area contributed by atoms with Gasteiger partial charge in [0.1, 0.15) is 5.82 Å². The van der Waals surface area contributed by atoms with E-state index in [2.05, 4.69) is 36.8 Å². The van der Waals surface area contributed by atoms with Crippen molar-refractivity contribution in [3.63, 3.8) is 0 Å². The second-order valence-electron chi connectivity index (χ2n) is 4.45. The molecule has 1 aromatic heterocycles. The summed E-state index contributed by atoms with van der Waals surface area (Å²) < 4.78 is 0. The summed E-state index contributed by atoms with van der Waals surface area (Å²) in [5.74, 6) is 1.01. The quantitative estimate of drug-likeness (QED) is 0.831. The number of hydrogen-bond donors (Lipinski definition) is 1. The average Bonchev–Trinajstić information content (AvgIpc) is 2.28. The Morgan fingerprint density at radius 3 is 2.69 bits per heavy atom. The van der Waals surface area contributed by atoms with Crippen molar-refractivity contribution in [2.45, 2.75) is 45.7 Å². The van der Waals surface area contributed by atoms with Crippen molar-refractivity contribution in [1.82, 2.24) is 4.98 Å². The lowest BCUT2D eigenvalue weighted by Crippen LogP contribution is -2.31. The predicted molar refractivity (Wildman–Crippen MR) is 69.6 cm³/mol. The van der Waals surface area contributed by atoms with Crippen molar-refractivity contribution in [2.75, 3.05) is 11.9 Å². The Bertz CT molecular complexity index is 323. The molecule has 0 aliphatic carbocycles. The first-order valence-electron chi connectivity index (χ1n) is 6.01. The molecule has 0 aromatic carbocycles. The summed E-state index contributed by atoms with van der Waals surface area (Å²) in [5.41, 5.74) is 7.08. The molecular weight excluding hydrogens is 198 g/mol. The summed E-state index contributed by atoms with van der Waals surface area (Å²) in [6.07, 6.45) is 4.19. The maximum Gasteiger partial charge on any atom is 0.133 e. The largest absolute Gasteiger partial charge is 0.357 e. The van der Waals surface area contributed by atoms with Gasteiger partial charge in [0.05, 0.1) is 0 Å². The summed E-state index contributed by atoms with van der Waals surface area (Å²) in [6, 6.07) is 4.53. The maximum absolute atomic E-state index is 5.96. The van der Waals surface area contributed by atoms with Crippen molar-refractivity contribution in [1.29, 1.82) is 0 Å². The minimum absolute atomic E-state index is 0.0278. The van der Waals surface area contributed by atoms with Crippen LogP contribution < -0.4 is 10.6 Å². The molecule has 0 saturated heterocycles. The molecule has 16 heavy (non-hydrogen) atoms. The number of hydrogen-bond acceptors (Lipinski definition) is 3. The SMILES string of the molecule is CCCC(C)N(C)c1ncccc1[C@@H](C)N. The predicted octanol–water partition coefficient (Wildman–Crippen LogP) is 2.73. The minimum atomic E-state index is 0.0278. The second kappa shape index (κ2) is 5.85. The van der Waals surface area contributed by atoms with E-state index in [1.54, 1.807) is 0 Å². The fourth-order valence-electron chi connectivity index (χ4n) is 1.88. The van der Waals surface area contributed by atoms with Gasteiger partial charge in [0.2, 0.25) is 0 Å². The molecule has 2 N–H and O–H groups in total. The summed E-state index contributed by atoms with van der Waals surface area (Å²) in [5, 5.41) is 0. The van der Waals surface area contributed by atoms with Crippen LogP contribution in [0.25, 0.3) is 0 Å². The molecule has 3 heteroatoms. The molecule has 1 aromatic rings. The van der Waals surface area contributed by atoms with Crippen LogP contribution in [-0.2, 0) is 0 Å². The van der Waals surface area contributed by atoms with E-state index in [-0.39, 0.29) is 6.04 Å². The lowest BCUT2D eigenvalue weighted by Gasteiger charge is -2.28. The molecule has 1 unspecified atom stereocenters. The van der Waals surface area contributed by atoms with Crippen LogP contribution in [0.3, 0.4) is 0 Å². The highest BCUT2D eigenvalue weighted by molar-refractivity contribution is 5.48. The number of pyridine rings is 1. The van der Waals surface area contributed by atoms with E-state index in [0.29, 0.717) is 6.04 Å². The zero-order valence-corrected chi connectivity index (χ0v) is 10.8. The standard InChI is InChI=1S/C13H23N3/c1-5-7-10(2)16(4)13-12(11(3)14)8-6-9-15-13/h6,8-11H,5,7,14H2,1-4H3/t10?,11-/m1/s1. The monoisotopic (exact) mass is 221 g/mol. The third-order valence-corrected chi connectivity index (χ3v) is 3.01. The van der Waals surface area contributed by atoms with E-state index in [1.807, 2.05) is 19.2 Å². The van der Waals surface area contributed by atoms with Gasteiger partial charge in [-0.05, 0) is 26.3 Å². The van der Waals surface area contributed by atoms with E-state index in [0.717, 1.165) is 11.4 Å². The normalized spacial score (nSPS) is 14.6. The number of aromatic nitrogens is 1. The van der Waals surface area contributed by atoms with Gasteiger partial charge < -0.3 is 10.6 Å². The number of nitrogens with zero attached hydrogens (tertiary/aromatic N) is 2. The molecular formula is C13H23N3. The number of nitrogens with two attached hydrogens (primary N) is 1. The molecule has 0 radical (unpaired) electrons. The van der Waals surface area contributed by atoms with Gasteiger partial charge in [-0.25, -0.2) is 4.98 Å². The molecule has 0 spiro atoms. The van der Waals surface area contributed by atoms with Gasteiger partial charge in [-0.3, -0.25) is 0 Å². The van der Waals surface area contributed by atoms with E-state index >= 15 is 0 Å². The van der Waals surface area contributed by atoms with Crippen molar-refractivity contribution in [2.24, 2.45) is 5.73 Å². The molecule has 1 heterocycles. The van der Waals surface area contributed by atoms with Gasteiger partial charge in [0, 0.05) is 30.9 Å². The van der Waals surface area contributed by atoms with Gasteiger partial charge in [-0.1, -0.05) is 19.4 Å². The number of anilines is 1. The molecule has 0 aliphatic rings. The van der Waals surface area contributed by atoms with Gasteiger partial charge in [-0.2, -0.15) is 0 Å². The topological polar surface area (TPSA) is 42.2 Å². The average molecular weight is 221 g/mol. The van der Waals surface area contributed by atoms with Gasteiger partial charge in [0.25, 0.3) is 0 Å². The summed E-state index contributed by atoms with van der Waals surface area (Å²) in [7, 11) is 2.09. The van der Waals surface area contributed by atoms with Crippen LogP contribution in [0.4, 0.5) is 5.82 Å². The zero-order valence-electron chi connectivity index (χ0n) is 10.8. The Kier molecular flexibility index (Phi) is 4.74. The number of rotatable bonds is 5. The third kappa shape index (κ3) is 2.95. The molecule has 1 rings (SSSR count). The molecule has 0 amide bonds. The second-order valence-corrected chi connectivity index (χ2v) is 4.45. The van der Waals surface area contributed by atoms with E-state index in [4.69, 9.17) is 5.73 Å². The highest BCUT2D eigenvalue weighted by atomic mass is 15.2. The van der Waals surface area contributed by atoms with Gasteiger partial charge in [0.15, 0.2) is 0 Å². The highest BCUT2D eigenvalue weighted by Crippen LogP contribution is 2.23. The van der Waals surface area contributed by atoms with Crippen molar-refractivity contribution < 1.29 is 0 Å². The molecule has 0 fully saturated rings. The van der Waals surface area contributed by atoms with E-state index in [9.17, 15) is 0 Å². The summed E-state index contributed by atoms with van der Waals surface area (Å²) in [4.78, 5) is 6.67. The minimum Gasteiger partial charge on any atom is -0.357 e. The Morgan fingerprint density at radius 1 is 1.44 bits per heavy atom. The van der Waals surface area contributed by atoms with Crippen LogP contribution in [0.5, 0.6) is 0 Å². The van der Waals surface area contributed by atoms with Crippen molar-refractivity contribution in [3.05, 3.63) is 23.9 Å². The van der Waals surface area contributed by atoms with Crippen LogP contribution in [0.1, 0.15) is 45.2 Å². The van der Waals surface area contributed by atoms with Gasteiger partial charge in [-0.15, -0.1) is 0 Å². The van der Waals surface area contributed by atoms with Crippen LogP contribution >= 0.6 is 0 Å². The van der Waals surface area contributed by atoms with Crippen LogP contribution in [-0.4, -0.2) is 18.1 Å². The third-order valence-electron chi connectivity index (χ3n) is 3.01. The molecule has 90 valence electrons. The first-order chi connectivity index (χ1) is 7.57. The molecule has 3 nitrogen and oxygen atoms in total. The lowest BCUT2D eigenvalue weighted by atomic mass is 10.1. The first-order valence-corrected chi connectivity index (χ1v) is 6.01. The van der Waals surface area contributed by atoms with Crippen molar-refractivity contribution in [3.8, 4) is 0 Å². The van der Waals surface area contributed by atoms with Gasteiger partial charge >= 0.3 is 0 Å². The molecule has 0 bridgehead atoms. The fourth-order valence-corrected chi connectivity index (χ4v) is 1.88. The Labute approximate surface area is 98.7 Å². The summed E-state index contributed by atoms with van der Waals surface area (Å²) in [6.45, 7) is 6.43. The Morgan fingerprint density at radius 2 is 2.12 bits per heavy atom. The summed E-state index contributed by atoms with van der Waals surface area (Å²) >= 11 is 0. The van der Waals surface area contributed by atoms with E-state index < -0.39 is 0 Å². The Hall–Kier alpha value is -1.09. The van der Waals surface area contributed by atoms with Crippen LogP contribution in [0.15, 0.2) is 18.3 Å².